The smallest absolute Gasteiger partial charge is 0.282 e. The maximum absolute atomic E-state index is 12.4. The molecule has 0 N–H and O–H groups in total. The number of rotatable bonds is 5. The molecule has 2 saturated heterocycles. The molecule has 2 amide bonds. The van der Waals surface area contributed by atoms with Crippen LogP contribution in [-0.2, 0) is 11.2 Å². The first-order valence-corrected chi connectivity index (χ1v) is 10.8. The van der Waals surface area contributed by atoms with Gasteiger partial charge < -0.3 is 9.80 Å². The Morgan fingerprint density at radius 3 is 2.61 bits per heavy atom. The fourth-order valence-corrected chi connectivity index (χ4v) is 4.56. The zero-order chi connectivity index (χ0) is 19.5. The number of aromatic nitrogens is 1. The number of hydrogen-bond acceptors (Lipinski definition) is 5. The summed E-state index contributed by atoms with van der Waals surface area (Å²) in [7, 11) is 0. The third kappa shape index (κ3) is 4.37. The molecule has 148 valence electrons. The Bertz CT molecular complexity index is 830. The van der Waals surface area contributed by atoms with Crippen LogP contribution in [0, 0.1) is 0 Å². The van der Waals surface area contributed by atoms with Crippen molar-refractivity contribution in [2.24, 2.45) is 0 Å². The van der Waals surface area contributed by atoms with Crippen LogP contribution in [-0.4, -0.2) is 76.8 Å². The fraction of sp³-hybridized carbons (Fsp3) is 0.450. The molecule has 0 saturated carbocycles. The fourth-order valence-electron chi connectivity index (χ4n) is 3.75. The number of thiazole rings is 1. The summed E-state index contributed by atoms with van der Waals surface area (Å²) >= 11 is 7.38. The molecule has 1 aromatic carbocycles. The molecule has 2 aromatic rings. The monoisotopic (exact) mass is 418 g/mol. The van der Waals surface area contributed by atoms with E-state index in [2.05, 4.69) is 9.88 Å². The van der Waals surface area contributed by atoms with E-state index in [1.807, 2.05) is 39.4 Å². The van der Waals surface area contributed by atoms with Gasteiger partial charge in [0.05, 0.1) is 0 Å². The van der Waals surface area contributed by atoms with Crippen molar-refractivity contribution >= 4 is 34.8 Å². The van der Waals surface area contributed by atoms with Gasteiger partial charge in [0.2, 0.25) is 5.91 Å². The summed E-state index contributed by atoms with van der Waals surface area (Å²) in [6.45, 7) is 4.72. The second kappa shape index (κ2) is 8.59. The van der Waals surface area contributed by atoms with Crippen LogP contribution < -0.4 is 0 Å². The average Bonchev–Trinajstić information content (AvgIpc) is 3.20. The van der Waals surface area contributed by atoms with Gasteiger partial charge in [0, 0.05) is 68.3 Å². The largest absolute Gasteiger partial charge is 0.339 e. The zero-order valence-electron chi connectivity index (χ0n) is 15.6. The summed E-state index contributed by atoms with van der Waals surface area (Å²) < 4.78 is 0. The first kappa shape index (κ1) is 19.4. The van der Waals surface area contributed by atoms with Crippen molar-refractivity contribution in [2.45, 2.75) is 18.9 Å². The number of nitrogens with zero attached hydrogens (tertiary/aromatic N) is 4. The van der Waals surface area contributed by atoms with E-state index < -0.39 is 0 Å². The van der Waals surface area contributed by atoms with E-state index in [0.29, 0.717) is 22.5 Å². The number of piperazine rings is 1. The lowest BCUT2D eigenvalue weighted by molar-refractivity contribution is -0.139. The minimum atomic E-state index is 0.0288. The van der Waals surface area contributed by atoms with E-state index in [4.69, 9.17) is 11.6 Å². The molecule has 28 heavy (non-hydrogen) atoms. The Labute approximate surface area is 173 Å². The highest BCUT2D eigenvalue weighted by Crippen LogP contribution is 2.20. The average molecular weight is 419 g/mol. The molecule has 2 aliphatic rings. The maximum Gasteiger partial charge on any atom is 0.282 e. The van der Waals surface area contributed by atoms with Crippen molar-refractivity contribution in [2.75, 3.05) is 39.3 Å². The number of hydrogen-bond donors (Lipinski definition) is 0. The SMILES string of the molecule is O=C(CCc1cccc(Cl)c1)N1CC(N2CCN(C(=O)c3nccs3)CC2)C1. The molecule has 4 rings (SSSR count). The third-order valence-corrected chi connectivity index (χ3v) is 6.46. The van der Waals surface area contributed by atoms with E-state index in [1.165, 1.54) is 11.3 Å². The predicted octanol–water partition coefficient (Wildman–Crippen LogP) is 2.40. The Kier molecular flexibility index (Phi) is 5.94. The molecule has 6 nitrogen and oxygen atoms in total. The molecule has 0 atom stereocenters. The normalized spacial score (nSPS) is 18.2. The van der Waals surface area contributed by atoms with Crippen molar-refractivity contribution in [3.05, 3.63) is 51.4 Å². The first-order valence-electron chi connectivity index (χ1n) is 9.55. The van der Waals surface area contributed by atoms with Crippen LogP contribution in [0.1, 0.15) is 21.8 Å². The molecule has 0 bridgehead atoms. The molecular weight excluding hydrogens is 396 g/mol. The Balaban J connectivity index is 1.18. The van der Waals surface area contributed by atoms with Gasteiger partial charge in [0.15, 0.2) is 5.01 Å². The quantitative estimate of drug-likeness (QED) is 0.748. The van der Waals surface area contributed by atoms with E-state index >= 15 is 0 Å². The Morgan fingerprint density at radius 1 is 1.14 bits per heavy atom. The van der Waals surface area contributed by atoms with Crippen molar-refractivity contribution in [3.63, 3.8) is 0 Å². The van der Waals surface area contributed by atoms with Crippen LogP contribution in [0.5, 0.6) is 0 Å². The van der Waals surface area contributed by atoms with E-state index in [1.54, 1.807) is 6.20 Å². The van der Waals surface area contributed by atoms with Crippen LogP contribution >= 0.6 is 22.9 Å². The van der Waals surface area contributed by atoms with Crippen molar-refractivity contribution in [1.82, 2.24) is 19.7 Å². The number of amides is 2. The summed E-state index contributed by atoms with van der Waals surface area (Å²) in [6, 6.07) is 8.09. The van der Waals surface area contributed by atoms with Crippen LogP contribution in [0.3, 0.4) is 0 Å². The number of carbonyl (C=O) groups excluding carboxylic acids is 2. The van der Waals surface area contributed by atoms with Gasteiger partial charge in [-0.05, 0) is 24.1 Å². The minimum Gasteiger partial charge on any atom is -0.339 e. The van der Waals surface area contributed by atoms with Crippen LogP contribution in [0.25, 0.3) is 0 Å². The van der Waals surface area contributed by atoms with Gasteiger partial charge in [-0.2, -0.15) is 0 Å². The second-order valence-electron chi connectivity index (χ2n) is 7.25. The summed E-state index contributed by atoms with van der Waals surface area (Å²) in [5.41, 5.74) is 1.10. The molecule has 3 heterocycles. The molecule has 0 aliphatic carbocycles. The van der Waals surface area contributed by atoms with Gasteiger partial charge in [-0.1, -0.05) is 23.7 Å². The van der Waals surface area contributed by atoms with Gasteiger partial charge in [0.25, 0.3) is 5.91 Å². The van der Waals surface area contributed by atoms with Gasteiger partial charge in [-0.15, -0.1) is 11.3 Å². The number of carbonyl (C=O) groups is 2. The minimum absolute atomic E-state index is 0.0288. The maximum atomic E-state index is 12.4. The highest BCUT2D eigenvalue weighted by molar-refractivity contribution is 7.11. The van der Waals surface area contributed by atoms with Crippen molar-refractivity contribution in [1.29, 1.82) is 0 Å². The summed E-state index contributed by atoms with van der Waals surface area (Å²) in [4.78, 5) is 35.1. The molecule has 0 unspecified atom stereocenters. The predicted molar refractivity (Wildman–Crippen MR) is 110 cm³/mol. The van der Waals surface area contributed by atoms with Gasteiger partial charge in [-0.3, -0.25) is 14.5 Å². The van der Waals surface area contributed by atoms with Crippen LogP contribution in [0.2, 0.25) is 5.02 Å². The summed E-state index contributed by atoms with van der Waals surface area (Å²) in [5, 5.41) is 3.10. The molecule has 1 aromatic heterocycles. The third-order valence-electron chi connectivity index (χ3n) is 5.46. The number of benzene rings is 1. The lowest BCUT2D eigenvalue weighted by Gasteiger charge is -2.48. The van der Waals surface area contributed by atoms with Gasteiger partial charge >= 0.3 is 0 Å². The Morgan fingerprint density at radius 2 is 1.93 bits per heavy atom. The second-order valence-corrected chi connectivity index (χ2v) is 8.58. The van der Waals surface area contributed by atoms with Crippen LogP contribution in [0.15, 0.2) is 35.8 Å². The first-order chi connectivity index (χ1) is 13.6. The standard InChI is InChI=1S/C20H23ClN4O2S/c21-16-3-1-2-15(12-16)4-5-18(26)25-13-17(14-25)23-7-9-24(10-8-23)20(27)19-22-6-11-28-19/h1-3,6,11-12,17H,4-5,7-10,13-14H2. The van der Waals surface area contributed by atoms with E-state index in [-0.39, 0.29) is 11.8 Å². The number of likely N-dealkylation sites (tertiary alicyclic amines) is 1. The lowest BCUT2D eigenvalue weighted by Crippen LogP contribution is -2.64. The Hall–Kier alpha value is -1.96. The topological polar surface area (TPSA) is 56.8 Å². The van der Waals surface area contributed by atoms with E-state index in [9.17, 15) is 9.59 Å². The van der Waals surface area contributed by atoms with E-state index in [0.717, 1.165) is 51.3 Å². The van der Waals surface area contributed by atoms with Crippen molar-refractivity contribution in [3.8, 4) is 0 Å². The highest BCUT2D eigenvalue weighted by atomic mass is 35.5. The number of halogens is 1. The number of aryl methyl sites for hydroxylation is 1. The zero-order valence-corrected chi connectivity index (χ0v) is 17.2. The van der Waals surface area contributed by atoms with Gasteiger partial charge in [-0.25, -0.2) is 4.98 Å². The molecule has 2 aliphatic heterocycles. The summed E-state index contributed by atoms with van der Waals surface area (Å²) in [6.07, 6.45) is 2.90. The summed E-state index contributed by atoms with van der Waals surface area (Å²) in [5.74, 6) is 0.231. The van der Waals surface area contributed by atoms with Gasteiger partial charge in [0.1, 0.15) is 0 Å². The molecule has 2 fully saturated rings. The lowest BCUT2D eigenvalue weighted by atomic mass is 10.0. The molecule has 8 heteroatoms. The highest BCUT2D eigenvalue weighted by Gasteiger charge is 2.36. The van der Waals surface area contributed by atoms with Crippen LogP contribution in [0.4, 0.5) is 0 Å². The molecule has 0 spiro atoms. The van der Waals surface area contributed by atoms with Crippen molar-refractivity contribution < 1.29 is 9.59 Å². The molecule has 0 radical (unpaired) electrons. The molecular formula is C20H23ClN4O2S.